The molecule has 65 heavy (non-hydrogen) atoms. The van der Waals surface area contributed by atoms with Gasteiger partial charge in [0.1, 0.15) is 96.6 Å². The van der Waals surface area contributed by atoms with Crippen LogP contribution in [0.4, 0.5) is 0 Å². The lowest BCUT2D eigenvalue weighted by molar-refractivity contribution is -0.325. The number of esters is 1. The van der Waals surface area contributed by atoms with Crippen LogP contribution in [0.1, 0.15) is 29.7 Å². The number of rotatable bonds is 12. The van der Waals surface area contributed by atoms with Crippen LogP contribution in [0, 0.1) is 0 Å². The number of fused-ring (bicyclic) bond motifs is 1. The van der Waals surface area contributed by atoms with E-state index in [0.717, 1.165) is 30.3 Å². The van der Waals surface area contributed by atoms with E-state index in [1.54, 1.807) is 0 Å². The molecule has 0 spiro atoms. The lowest BCUT2D eigenvalue weighted by Crippen LogP contribution is -2.61. The molecule has 0 saturated carbocycles. The Morgan fingerprint density at radius 3 is 1.85 bits per heavy atom. The third kappa shape index (κ3) is 10.2. The van der Waals surface area contributed by atoms with Gasteiger partial charge in [0, 0.05) is 18.2 Å². The number of phenolic OH excluding ortho intramolecular Hbond substituents is 5. The predicted molar refractivity (Wildman–Crippen MR) is 213 cm³/mol. The molecule has 4 heterocycles. The third-order valence-electron chi connectivity index (χ3n) is 11.1. The summed E-state index contributed by atoms with van der Waals surface area (Å²) in [7, 11) is 0. The lowest BCUT2D eigenvalue weighted by atomic mass is 9.98. The Morgan fingerprint density at radius 2 is 1.22 bits per heavy atom. The molecular formula is C42H49O23+. The second-order valence-electron chi connectivity index (χ2n) is 15.7. The van der Waals surface area contributed by atoms with E-state index in [-0.39, 0.29) is 34.1 Å². The number of carbonyl (C=O) groups excluding carboxylic acids is 1. The molecule has 0 bridgehead atoms. The van der Waals surface area contributed by atoms with Crippen LogP contribution in [-0.4, -0.2) is 188 Å². The molecule has 23 heteroatoms. The highest BCUT2D eigenvalue weighted by Gasteiger charge is 2.50. The topological polar surface area (TPSA) is 378 Å². The monoisotopic (exact) mass is 921 g/mol. The normalized spacial score (nSPS) is 34.8. The molecule has 3 fully saturated rings. The molecular weight excluding hydrogens is 872 g/mol. The summed E-state index contributed by atoms with van der Waals surface area (Å²) in [6.07, 6.45) is -23.3. The zero-order chi connectivity index (χ0) is 47.0. The van der Waals surface area contributed by atoms with E-state index in [1.165, 1.54) is 43.3 Å². The molecule has 4 aliphatic heterocycles. The first kappa shape index (κ1) is 47.5. The van der Waals surface area contributed by atoms with Gasteiger partial charge in [0.25, 0.3) is 11.9 Å². The predicted octanol–water partition coefficient (Wildman–Crippen LogP) is -2.34. The van der Waals surface area contributed by atoms with E-state index in [0.29, 0.717) is 5.56 Å². The van der Waals surface area contributed by atoms with Crippen molar-refractivity contribution in [2.75, 3.05) is 13.2 Å². The molecule has 0 aliphatic carbocycles. The van der Waals surface area contributed by atoms with Gasteiger partial charge in [0.15, 0.2) is 29.3 Å². The zero-order valence-electron chi connectivity index (χ0n) is 34.0. The van der Waals surface area contributed by atoms with Gasteiger partial charge in [0.2, 0.25) is 12.6 Å². The number of ether oxygens (including phenoxy) is 8. The number of benzene rings is 3. The molecule has 3 aromatic rings. The van der Waals surface area contributed by atoms with Crippen molar-refractivity contribution in [1.29, 1.82) is 0 Å². The van der Waals surface area contributed by atoms with Crippen LogP contribution in [0.15, 0.2) is 60.4 Å². The number of phenols is 5. The van der Waals surface area contributed by atoms with Crippen LogP contribution < -0.4 is 4.74 Å². The van der Waals surface area contributed by atoms with E-state index in [9.17, 15) is 76.3 Å². The molecule has 16 atom stereocenters. The van der Waals surface area contributed by atoms with Gasteiger partial charge >= 0.3 is 5.97 Å². The fraction of sp³-hybridized carbons (Fsp3) is 0.452. The first-order chi connectivity index (χ1) is 30.8. The first-order valence-electron chi connectivity index (χ1n) is 20.0. The first-order valence-corrected chi connectivity index (χ1v) is 20.0. The summed E-state index contributed by atoms with van der Waals surface area (Å²) in [4.78, 5) is 12.5. The van der Waals surface area contributed by atoms with Gasteiger partial charge in [-0.2, -0.15) is 0 Å². The quantitative estimate of drug-likeness (QED) is 0.0392. The maximum Gasteiger partial charge on any atom is 0.330 e. The number of aliphatic hydroxyl groups excluding tert-OH is 9. The Labute approximate surface area is 367 Å². The van der Waals surface area contributed by atoms with Gasteiger partial charge in [-0.15, -0.1) is 0 Å². The van der Waals surface area contributed by atoms with Gasteiger partial charge in [-0.05, 0) is 42.8 Å². The molecule has 0 amide bonds. The number of carbonyl (C=O) groups is 1. The molecule has 354 valence electrons. The van der Waals surface area contributed by atoms with E-state index in [2.05, 4.69) is 4.74 Å². The summed E-state index contributed by atoms with van der Waals surface area (Å²) in [5.41, 5.74) is 0.460. The third-order valence-corrected chi connectivity index (χ3v) is 11.1. The van der Waals surface area contributed by atoms with Crippen molar-refractivity contribution in [3.05, 3.63) is 77.1 Å². The Bertz CT molecular complexity index is 2190. The highest BCUT2D eigenvalue weighted by atomic mass is 16.7. The second kappa shape index (κ2) is 19.5. The highest BCUT2D eigenvalue weighted by molar-refractivity contribution is 5.87. The minimum absolute atomic E-state index is 0.0136. The molecule has 3 aromatic carbocycles. The summed E-state index contributed by atoms with van der Waals surface area (Å²) >= 11 is 0. The smallest absolute Gasteiger partial charge is 0.330 e. The molecule has 15 N–H and O–H groups in total. The maximum absolute atomic E-state index is 12.5. The van der Waals surface area contributed by atoms with Crippen molar-refractivity contribution in [3.8, 4) is 40.2 Å². The van der Waals surface area contributed by atoms with Crippen LogP contribution in [0.25, 0.3) is 12.2 Å². The van der Waals surface area contributed by atoms with Crippen LogP contribution in [-0.2, 0) is 33.2 Å². The largest absolute Gasteiger partial charge is 0.571 e. The van der Waals surface area contributed by atoms with Crippen LogP contribution in [0.2, 0.25) is 0 Å². The Balaban J connectivity index is 1.14. The molecule has 3 saturated heterocycles. The molecule has 7 rings (SSSR count). The number of aliphatic hydroxyl groups is 10. The summed E-state index contributed by atoms with van der Waals surface area (Å²) in [6.45, 7) is 0.124. The number of hydrogen-bond acceptors (Lipinski definition) is 22. The maximum atomic E-state index is 12.5. The molecule has 23 nitrogen and oxygen atoms in total. The number of aromatic hydroxyl groups is 6. The summed E-state index contributed by atoms with van der Waals surface area (Å²) in [5.74, 6) is -4.47. The van der Waals surface area contributed by atoms with Crippen LogP contribution in [0.5, 0.6) is 40.2 Å². The minimum atomic E-state index is -2.00. The van der Waals surface area contributed by atoms with Crippen LogP contribution >= 0.6 is 0 Å². The molecule has 4 aliphatic rings. The fourth-order valence-electron chi connectivity index (χ4n) is 7.36. The average Bonchev–Trinajstić information content (AvgIpc) is 3.27. The van der Waals surface area contributed by atoms with Gasteiger partial charge < -0.3 is 109 Å². The Hall–Kier alpha value is -5.51. The van der Waals surface area contributed by atoms with Crippen molar-refractivity contribution in [3.63, 3.8) is 0 Å². The van der Waals surface area contributed by atoms with Gasteiger partial charge in [-0.1, -0.05) is 12.1 Å². The Morgan fingerprint density at radius 1 is 0.646 bits per heavy atom. The average molecular weight is 922 g/mol. The van der Waals surface area contributed by atoms with E-state index >= 15 is 0 Å². The van der Waals surface area contributed by atoms with Gasteiger partial charge in [0.05, 0.1) is 24.3 Å². The fourth-order valence-corrected chi connectivity index (χ4v) is 7.36. The van der Waals surface area contributed by atoms with Crippen molar-refractivity contribution < 1.29 is 114 Å². The van der Waals surface area contributed by atoms with E-state index in [4.69, 9.17) is 33.2 Å². The van der Waals surface area contributed by atoms with E-state index in [1.807, 2.05) is 0 Å². The van der Waals surface area contributed by atoms with E-state index < -0.39 is 140 Å². The number of hydrogen-bond donors (Lipinski definition) is 14. The van der Waals surface area contributed by atoms with Crippen LogP contribution in [0.3, 0.4) is 0 Å². The summed E-state index contributed by atoms with van der Waals surface area (Å²) in [6, 6.07) is 10.1. The van der Waals surface area contributed by atoms with Crippen molar-refractivity contribution in [2.24, 2.45) is 0 Å². The highest BCUT2D eigenvalue weighted by Crippen LogP contribution is 2.48. The summed E-state index contributed by atoms with van der Waals surface area (Å²) < 4.78 is 44.3. The molecule has 16 unspecified atom stereocenters. The molecule has 0 radical (unpaired) electrons. The summed E-state index contributed by atoms with van der Waals surface area (Å²) in [5, 5.41) is 147. The van der Waals surface area contributed by atoms with Gasteiger partial charge in [-0.25, -0.2) is 4.79 Å². The SMILES string of the molecule is CC1OC(OCC2OC(OC3=Cc4c(OC5OC(COC(=O)C=Cc6ccc(O)cc6)C(O)C(O)C5O)cc(O)cc4[OH+]C3c3cc(O)c(O)c(O)c3)C(O)C(O)C2O)C(O)C(O)C1O. The Kier molecular flexibility index (Phi) is 14.3. The van der Waals surface area contributed by atoms with Crippen molar-refractivity contribution in [2.45, 2.75) is 105 Å². The lowest BCUT2D eigenvalue weighted by Gasteiger charge is -2.42. The van der Waals surface area contributed by atoms with Crippen molar-refractivity contribution in [1.82, 2.24) is 0 Å². The standard InChI is InChI=1S/C42H48O23/c1-15-29(48)33(52)36(55)40(60-15)59-14-27-32(51)35(54)38(57)42(65-27)63-25-12-20-23(61-39(25)17-8-21(45)30(49)22(46)9-17)10-19(44)11-24(20)62-41-37(56)34(53)31(50)26(64-41)13-58-28(47)7-4-16-2-5-18(43)6-3-16/h2-12,15,26-27,29,31-46,48-57H,13-14H2,1H3/p+1. The van der Waals surface area contributed by atoms with Gasteiger partial charge in [-0.3, -0.25) is 0 Å². The van der Waals surface area contributed by atoms with Crippen molar-refractivity contribution >= 4 is 18.1 Å². The zero-order valence-corrected chi connectivity index (χ0v) is 34.0. The minimum Gasteiger partial charge on any atom is -0.571 e. The molecule has 0 aromatic heterocycles. The second-order valence-corrected chi connectivity index (χ2v) is 15.7.